The number of carbonyl (C=O) groups is 1. The van der Waals surface area contributed by atoms with E-state index in [4.69, 9.17) is 11.6 Å². The van der Waals surface area contributed by atoms with Gasteiger partial charge in [0.05, 0.1) is 10.7 Å². The van der Waals surface area contributed by atoms with Crippen LogP contribution in [0.5, 0.6) is 0 Å². The van der Waals surface area contributed by atoms with E-state index in [1.165, 1.54) is 23.0 Å². The van der Waals surface area contributed by atoms with Crippen molar-refractivity contribution >= 4 is 23.3 Å². The molecule has 0 atom stereocenters. The van der Waals surface area contributed by atoms with Gasteiger partial charge in [0.1, 0.15) is 11.5 Å². The highest BCUT2D eigenvalue weighted by atomic mass is 35.5. The molecule has 1 heterocycles. The fourth-order valence-corrected chi connectivity index (χ4v) is 2.85. The molecule has 4 rings (SSSR count). The van der Waals surface area contributed by atoms with Crippen molar-refractivity contribution in [2.75, 3.05) is 5.32 Å². The first kappa shape index (κ1) is 17.9. The Hall–Kier alpha value is -3.51. The summed E-state index contributed by atoms with van der Waals surface area (Å²) in [5.41, 5.74) is 2.25. The molecule has 0 unspecified atom stereocenters. The molecule has 1 amide bonds. The van der Waals surface area contributed by atoms with Crippen LogP contribution in [0.2, 0.25) is 5.02 Å². The zero-order chi connectivity index (χ0) is 19.5. The van der Waals surface area contributed by atoms with Gasteiger partial charge in [-0.2, -0.15) is 0 Å². The SMILES string of the molecule is O=C(Nc1nn(-c2ccc(F)c(Cl)c2)nc1-c1ccccc1)c1ccccc1. The van der Waals surface area contributed by atoms with Crippen LogP contribution in [0.3, 0.4) is 0 Å². The summed E-state index contributed by atoms with van der Waals surface area (Å²) in [6.07, 6.45) is 0. The summed E-state index contributed by atoms with van der Waals surface area (Å²) in [5, 5.41) is 11.6. The van der Waals surface area contributed by atoms with E-state index in [2.05, 4.69) is 15.5 Å². The van der Waals surface area contributed by atoms with Crippen molar-refractivity contribution in [2.24, 2.45) is 0 Å². The van der Waals surface area contributed by atoms with Crippen LogP contribution in [0.25, 0.3) is 16.9 Å². The Morgan fingerprint density at radius 3 is 2.29 bits per heavy atom. The molecule has 0 saturated carbocycles. The van der Waals surface area contributed by atoms with Gasteiger partial charge >= 0.3 is 0 Å². The van der Waals surface area contributed by atoms with Crippen LogP contribution in [0.15, 0.2) is 78.9 Å². The highest BCUT2D eigenvalue weighted by molar-refractivity contribution is 6.30. The maximum Gasteiger partial charge on any atom is 0.256 e. The van der Waals surface area contributed by atoms with Crippen molar-refractivity contribution in [3.8, 4) is 16.9 Å². The topological polar surface area (TPSA) is 59.8 Å². The summed E-state index contributed by atoms with van der Waals surface area (Å²) in [4.78, 5) is 13.9. The molecular weight excluding hydrogens is 379 g/mol. The van der Waals surface area contributed by atoms with Gasteiger partial charge in [0.2, 0.25) is 0 Å². The van der Waals surface area contributed by atoms with Gasteiger partial charge in [0, 0.05) is 11.1 Å². The summed E-state index contributed by atoms with van der Waals surface area (Å²) in [6.45, 7) is 0. The van der Waals surface area contributed by atoms with Crippen molar-refractivity contribution < 1.29 is 9.18 Å². The molecule has 0 bridgehead atoms. The van der Waals surface area contributed by atoms with Gasteiger partial charge in [-0.25, -0.2) is 4.39 Å². The third-order valence-corrected chi connectivity index (χ3v) is 4.35. The second kappa shape index (κ2) is 7.62. The minimum atomic E-state index is -0.529. The van der Waals surface area contributed by atoms with Gasteiger partial charge in [-0.05, 0) is 30.3 Å². The Morgan fingerprint density at radius 1 is 0.929 bits per heavy atom. The lowest BCUT2D eigenvalue weighted by molar-refractivity contribution is 0.102. The number of hydrogen-bond donors (Lipinski definition) is 1. The van der Waals surface area contributed by atoms with Gasteiger partial charge in [-0.15, -0.1) is 15.0 Å². The summed E-state index contributed by atoms with van der Waals surface area (Å²) in [6, 6.07) is 22.3. The molecule has 0 aliphatic heterocycles. The van der Waals surface area contributed by atoms with E-state index in [-0.39, 0.29) is 10.9 Å². The van der Waals surface area contributed by atoms with Crippen LogP contribution in [-0.2, 0) is 0 Å². The van der Waals surface area contributed by atoms with Crippen LogP contribution in [0.4, 0.5) is 10.2 Å². The van der Waals surface area contributed by atoms with Crippen molar-refractivity contribution in [1.29, 1.82) is 0 Å². The molecule has 3 aromatic carbocycles. The second-order valence-electron chi connectivity index (χ2n) is 5.97. The number of benzene rings is 3. The van der Waals surface area contributed by atoms with E-state index in [9.17, 15) is 9.18 Å². The maximum atomic E-state index is 13.5. The molecule has 1 aromatic heterocycles. The highest BCUT2D eigenvalue weighted by Gasteiger charge is 2.17. The Labute approximate surface area is 165 Å². The fourth-order valence-electron chi connectivity index (χ4n) is 2.68. The predicted molar refractivity (Wildman–Crippen MR) is 106 cm³/mol. The van der Waals surface area contributed by atoms with Crippen LogP contribution >= 0.6 is 11.6 Å². The van der Waals surface area contributed by atoms with E-state index in [0.717, 1.165) is 5.56 Å². The lowest BCUT2D eigenvalue weighted by atomic mass is 10.1. The summed E-state index contributed by atoms with van der Waals surface area (Å²) >= 11 is 5.88. The Balaban J connectivity index is 1.76. The van der Waals surface area contributed by atoms with Gasteiger partial charge in [-0.1, -0.05) is 60.1 Å². The van der Waals surface area contributed by atoms with E-state index >= 15 is 0 Å². The zero-order valence-corrected chi connectivity index (χ0v) is 15.3. The molecule has 1 N–H and O–H groups in total. The molecule has 0 spiro atoms. The van der Waals surface area contributed by atoms with Crippen LogP contribution < -0.4 is 5.32 Å². The Morgan fingerprint density at radius 2 is 1.61 bits per heavy atom. The standard InChI is InChI=1S/C21H14ClFN4O/c22-17-13-16(11-12-18(17)23)27-25-19(14-7-3-1-4-8-14)20(26-27)24-21(28)15-9-5-2-6-10-15/h1-13H,(H,24,26,28). The average molecular weight is 393 g/mol. The maximum absolute atomic E-state index is 13.5. The average Bonchev–Trinajstić information content (AvgIpc) is 3.15. The molecule has 0 aliphatic rings. The number of aromatic nitrogens is 3. The van der Waals surface area contributed by atoms with E-state index in [1.807, 2.05) is 36.4 Å². The van der Waals surface area contributed by atoms with Crippen molar-refractivity contribution in [1.82, 2.24) is 15.0 Å². The van der Waals surface area contributed by atoms with Gasteiger partial charge in [0.25, 0.3) is 5.91 Å². The Bertz CT molecular complexity index is 1130. The third-order valence-electron chi connectivity index (χ3n) is 4.06. The van der Waals surface area contributed by atoms with Crippen molar-refractivity contribution in [3.63, 3.8) is 0 Å². The molecule has 7 heteroatoms. The monoisotopic (exact) mass is 392 g/mol. The lowest BCUT2D eigenvalue weighted by Gasteiger charge is -2.04. The molecule has 5 nitrogen and oxygen atoms in total. The molecule has 138 valence electrons. The third kappa shape index (κ3) is 3.63. The van der Waals surface area contributed by atoms with E-state index in [0.29, 0.717) is 22.8 Å². The predicted octanol–water partition coefficient (Wildman–Crippen LogP) is 4.98. The number of halogens is 2. The van der Waals surface area contributed by atoms with Gasteiger partial charge < -0.3 is 5.32 Å². The second-order valence-corrected chi connectivity index (χ2v) is 6.38. The zero-order valence-electron chi connectivity index (χ0n) is 14.5. The molecule has 0 saturated heterocycles. The van der Waals surface area contributed by atoms with E-state index in [1.54, 1.807) is 24.3 Å². The number of nitrogens with one attached hydrogen (secondary N) is 1. The van der Waals surface area contributed by atoms with Gasteiger partial charge in [0.15, 0.2) is 5.82 Å². The quantitative estimate of drug-likeness (QED) is 0.533. The van der Waals surface area contributed by atoms with Crippen LogP contribution in [-0.4, -0.2) is 20.9 Å². The fraction of sp³-hybridized carbons (Fsp3) is 0. The smallest absolute Gasteiger partial charge is 0.256 e. The number of nitrogens with zero attached hydrogens (tertiary/aromatic N) is 3. The van der Waals surface area contributed by atoms with Crippen molar-refractivity contribution in [3.05, 3.63) is 95.3 Å². The largest absolute Gasteiger partial charge is 0.303 e. The minimum Gasteiger partial charge on any atom is -0.303 e. The number of carbonyl (C=O) groups excluding carboxylic acids is 1. The molecule has 0 aliphatic carbocycles. The highest BCUT2D eigenvalue weighted by Crippen LogP contribution is 2.26. The van der Waals surface area contributed by atoms with E-state index < -0.39 is 5.82 Å². The van der Waals surface area contributed by atoms with Crippen LogP contribution in [0, 0.1) is 5.82 Å². The molecule has 28 heavy (non-hydrogen) atoms. The first-order valence-electron chi connectivity index (χ1n) is 8.46. The molecular formula is C21H14ClFN4O. The van der Waals surface area contributed by atoms with Crippen LogP contribution in [0.1, 0.15) is 10.4 Å². The summed E-state index contributed by atoms with van der Waals surface area (Å²) in [5.74, 6) is -0.541. The lowest BCUT2D eigenvalue weighted by Crippen LogP contribution is -2.13. The number of anilines is 1. The summed E-state index contributed by atoms with van der Waals surface area (Å²) < 4.78 is 13.5. The Kier molecular flexibility index (Phi) is 4.87. The normalized spacial score (nSPS) is 10.6. The molecule has 0 fully saturated rings. The molecule has 4 aromatic rings. The number of hydrogen-bond acceptors (Lipinski definition) is 3. The number of rotatable bonds is 4. The number of amides is 1. The summed E-state index contributed by atoms with van der Waals surface area (Å²) in [7, 11) is 0. The first-order chi connectivity index (χ1) is 13.6. The van der Waals surface area contributed by atoms with Crippen molar-refractivity contribution in [2.45, 2.75) is 0 Å². The minimum absolute atomic E-state index is 0.0362. The van der Waals surface area contributed by atoms with Gasteiger partial charge in [-0.3, -0.25) is 4.79 Å². The molecule has 0 radical (unpaired) electrons. The first-order valence-corrected chi connectivity index (χ1v) is 8.84.